The summed E-state index contributed by atoms with van der Waals surface area (Å²) in [5.41, 5.74) is -0.0102. The van der Waals surface area contributed by atoms with Crippen molar-refractivity contribution in [1.29, 1.82) is 0 Å². The average Bonchev–Trinajstić information content (AvgIpc) is 2.86. The van der Waals surface area contributed by atoms with Crippen LogP contribution in [0.4, 0.5) is 10.5 Å². The van der Waals surface area contributed by atoms with Crippen molar-refractivity contribution in [1.82, 2.24) is 4.90 Å². The van der Waals surface area contributed by atoms with Crippen molar-refractivity contribution in [2.45, 2.75) is 48.7 Å². The van der Waals surface area contributed by atoms with E-state index in [-0.39, 0.29) is 12.1 Å². The molecule has 2 N–H and O–H groups in total. The second-order valence-electron chi connectivity index (χ2n) is 9.73. The molecule has 3 rings (SSSR count). The Kier molecular flexibility index (Phi) is 9.96. The number of hydrogen-bond donors (Lipinski definition) is 2. The first-order valence-corrected chi connectivity index (χ1v) is 13.2. The molecule has 206 valence electrons. The van der Waals surface area contributed by atoms with E-state index in [0.717, 1.165) is 10.5 Å². The zero-order valence-corrected chi connectivity index (χ0v) is 23.2. The first kappa shape index (κ1) is 29.9. The van der Waals surface area contributed by atoms with Crippen LogP contribution < -0.4 is 0 Å². The first-order valence-electron chi connectivity index (χ1n) is 12.0. The summed E-state index contributed by atoms with van der Waals surface area (Å²) >= 11 is 7.33. The van der Waals surface area contributed by atoms with Crippen molar-refractivity contribution in [2.24, 2.45) is 0 Å². The molecule has 39 heavy (non-hydrogen) atoms. The fourth-order valence-electron chi connectivity index (χ4n) is 3.65. The van der Waals surface area contributed by atoms with E-state index in [1.807, 2.05) is 24.3 Å². The maximum Gasteiger partial charge on any atom is 0.410 e. The van der Waals surface area contributed by atoms with E-state index in [1.54, 1.807) is 45.0 Å². The number of benzene rings is 3. The summed E-state index contributed by atoms with van der Waals surface area (Å²) < 4.78 is 5.55. The zero-order valence-electron chi connectivity index (χ0n) is 21.7. The minimum absolute atomic E-state index is 0.0231. The van der Waals surface area contributed by atoms with Crippen LogP contribution in [-0.4, -0.2) is 50.8 Å². The Labute approximate surface area is 235 Å². The fraction of sp³-hybridized carbons (Fsp3) is 0.286. The number of rotatable bonds is 10. The largest absolute Gasteiger partial charge is 0.477 e. The van der Waals surface area contributed by atoms with E-state index < -0.39 is 34.4 Å². The Morgan fingerprint density at radius 3 is 2.33 bits per heavy atom. The number of amides is 1. The lowest BCUT2D eigenvalue weighted by Crippen LogP contribution is -2.40. The van der Waals surface area contributed by atoms with Crippen LogP contribution in [0.25, 0.3) is 0 Å². The first-order chi connectivity index (χ1) is 18.3. The Bertz CT molecular complexity index is 1340. The van der Waals surface area contributed by atoms with Gasteiger partial charge in [-0.3, -0.25) is 10.1 Å². The highest BCUT2D eigenvalue weighted by atomic mass is 35.5. The highest BCUT2D eigenvalue weighted by Crippen LogP contribution is 2.31. The minimum atomic E-state index is -1.37. The van der Waals surface area contributed by atoms with Crippen molar-refractivity contribution in [3.05, 3.63) is 98.6 Å². The van der Waals surface area contributed by atoms with E-state index in [0.29, 0.717) is 28.4 Å². The van der Waals surface area contributed by atoms with Gasteiger partial charge in [-0.2, -0.15) is 0 Å². The van der Waals surface area contributed by atoms with Crippen molar-refractivity contribution < 1.29 is 29.5 Å². The number of nitro groups is 1. The number of carboxylic acid groups (broad SMARTS) is 1. The summed E-state index contributed by atoms with van der Waals surface area (Å²) in [5, 5.41) is 31.6. The van der Waals surface area contributed by atoms with Gasteiger partial charge in [0.25, 0.3) is 5.69 Å². The topological polar surface area (TPSA) is 130 Å². The van der Waals surface area contributed by atoms with Crippen LogP contribution in [0.5, 0.6) is 0 Å². The third-order valence-corrected chi connectivity index (χ3v) is 6.74. The van der Waals surface area contributed by atoms with Gasteiger partial charge in [0.2, 0.25) is 0 Å². The summed E-state index contributed by atoms with van der Waals surface area (Å²) in [6.07, 6.45) is -0.997. The normalized spacial score (nSPS) is 12.0. The molecule has 0 heterocycles. The molecular weight excluding hydrogens is 544 g/mol. The molecule has 0 bridgehead atoms. The number of aromatic carboxylic acids is 1. The van der Waals surface area contributed by atoms with Gasteiger partial charge < -0.3 is 19.8 Å². The Hall–Kier alpha value is -3.60. The Morgan fingerprint density at radius 2 is 1.74 bits per heavy atom. The summed E-state index contributed by atoms with van der Waals surface area (Å²) in [6.45, 7) is 5.64. The number of carboxylic acids is 1. The third-order valence-electron chi connectivity index (χ3n) is 5.50. The molecule has 0 spiro atoms. The van der Waals surface area contributed by atoms with Gasteiger partial charge in [0, 0.05) is 27.4 Å². The summed E-state index contributed by atoms with van der Waals surface area (Å²) in [4.78, 5) is 37.5. The number of nitrogens with zero attached hydrogens (tertiary/aromatic N) is 2. The van der Waals surface area contributed by atoms with E-state index in [2.05, 4.69) is 0 Å². The lowest BCUT2D eigenvalue weighted by atomic mass is 10.1. The molecular formula is C28H29ClN2O7S. The summed E-state index contributed by atoms with van der Waals surface area (Å²) in [5.74, 6) is -1.37. The number of nitro benzene ring substituents is 1. The van der Waals surface area contributed by atoms with Crippen LogP contribution in [0.3, 0.4) is 0 Å². The molecule has 3 aromatic rings. The van der Waals surface area contributed by atoms with E-state index in [1.165, 1.54) is 34.9 Å². The van der Waals surface area contributed by atoms with Crippen molar-refractivity contribution >= 4 is 41.1 Å². The van der Waals surface area contributed by atoms with Gasteiger partial charge in [0.1, 0.15) is 11.2 Å². The molecule has 0 fully saturated rings. The maximum absolute atomic E-state index is 12.9. The number of halogens is 1. The van der Waals surface area contributed by atoms with Gasteiger partial charge in [0.15, 0.2) is 0 Å². The molecule has 0 aromatic heterocycles. The van der Waals surface area contributed by atoms with E-state index in [4.69, 9.17) is 16.3 Å². The fourth-order valence-corrected chi connectivity index (χ4v) is 4.70. The monoisotopic (exact) mass is 572 g/mol. The van der Waals surface area contributed by atoms with Crippen LogP contribution in [0.15, 0.2) is 76.5 Å². The molecule has 11 heteroatoms. The Balaban J connectivity index is 1.69. The van der Waals surface area contributed by atoms with Crippen LogP contribution in [0.2, 0.25) is 5.02 Å². The number of aliphatic hydroxyl groups is 1. The number of ether oxygens (including phenoxy) is 1. The van der Waals surface area contributed by atoms with Crippen LogP contribution in [-0.2, 0) is 11.2 Å². The van der Waals surface area contributed by atoms with Gasteiger partial charge in [-0.25, -0.2) is 9.59 Å². The zero-order chi connectivity index (χ0) is 28.7. The maximum atomic E-state index is 12.9. The minimum Gasteiger partial charge on any atom is -0.477 e. The lowest BCUT2D eigenvalue weighted by Gasteiger charge is -2.29. The summed E-state index contributed by atoms with van der Waals surface area (Å²) in [7, 11) is 0. The number of carbonyl (C=O) groups is 2. The molecule has 0 unspecified atom stereocenters. The third kappa shape index (κ3) is 8.98. The highest BCUT2D eigenvalue weighted by Gasteiger charge is 2.25. The quantitative estimate of drug-likeness (QED) is 0.205. The molecule has 1 amide bonds. The van der Waals surface area contributed by atoms with Gasteiger partial charge in [-0.1, -0.05) is 47.6 Å². The smallest absolute Gasteiger partial charge is 0.410 e. The molecule has 9 nitrogen and oxygen atoms in total. The van der Waals surface area contributed by atoms with Crippen molar-refractivity contribution in [3.8, 4) is 0 Å². The second kappa shape index (κ2) is 13.0. The predicted octanol–water partition coefficient (Wildman–Crippen LogP) is 6.61. The van der Waals surface area contributed by atoms with Crippen LogP contribution in [0.1, 0.15) is 48.4 Å². The Morgan fingerprint density at radius 1 is 1.08 bits per heavy atom. The average molecular weight is 573 g/mol. The standard InChI is InChI=1S/C28H29ClN2O7S/c1-28(2,3)38-27(35)30(17-25(32)19-5-4-6-20(29)15-19)14-13-18-7-9-21(10-8-18)39-22-11-12-24(31(36)37)23(16-22)26(33)34/h4-12,15-16,25,32H,13-14,17H2,1-3H3,(H,33,34)/t25-/m1/s1. The highest BCUT2D eigenvalue weighted by molar-refractivity contribution is 7.99. The lowest BCUT2D eigenvalue weighted by molar-refractivity contribution is -0.385. The SMILES string of the molecule is CC(C)(C)OC(=O)N(CCc1ccc(Sc2ccc([N+](=O)[O-])c(C(=O)O)c2)cc1)C[C@@H](O)c1cccc(Cl)c1. The molecule has 0 saturated heterocycles. The molecule has 0 radical (unpaired) electrons. The number of aliphatic hydroxyl groups excluding tert-OH is 1. The predicted molar refractivity (Wildman–Crippen MR) is 149 cm³/mol. The molecule has 1 atom stereocenters. The number of carbonyl (C=O) groups excluding carboxylic acids is 1. The molecule has 0 aliphatic heterocycles. The molecule has 3 aromatic carbocycles. The van der Waals surface area contributed by atoms with Crippen LogP contribution in [0, 0.1) is 10.1 Å². The summed E-state index contributed by atoms with van der Waals surface area (Å²) in [6, 6.07) is 18.3. The van der Waals surface area contributed by atoms with Gasteiger partial charge in [-0.05, 0) is 74.7 Å². The van der Waals surface area contributed by atoms with Gasteiger partial charge in [0.05, 0.1) is 17.6 Å². The van der Waals surface area contributed by atoms with Crippen molar-refractivity contribution in [2.75, 3.05) is 13.1 Å². The molecule has 0 aliphatic rings. The van der Waals surface area contributed by atoms with Crippen molar-refractivity contribution in [3.63, 3.8) is 0 Å². The van der Waals surface area contributed by atoms with E-state index >= 15 is 0 Å². The molecule has 0 aliphatic carbocycles. The van der Waals surface area contributed by atoms with E-state index in [9.17, 15) is 29.9 Å². The van der Waals surface area contributed by atoms with Gasteiger partial charge in [-0.15, -0.1) is 0 Å². The second-order valence-corrected chi connectivity index (χ2v) is 11.3. The number of hydrogen-bond acceptors (Lipinski definition) is 7. The molecule has 0 saturated carbocycles. The van der Waals surface area contributed by atoms with Gasteiger partial charge >= 0.3 is 12.1 Å². The van der Waals surface area contributed by atoms with Crippen LogP contribution >= 0.6 is 23.4 Å².